The van der Waals surface area contributed by atoms with Gasteiger partial charge in [-0.25, -0.2) is 0 Å². The van der Waals surface area contributed by atoms with Crippen molar-refractivity contribution in [3.63, 3.8) is 0 Å². The highest BCUT2D eigenvalue weighted by Gasteiger charge is 2.30. The summed E-state index contributed by atoms with van der Waals surface area (Å²) in [4.78, 5) is 13.2. The van der Waals surface area contributed by atoms with Gasteiger partial charge in [0.25, 0.3) is 0 Å². The molecule has 29 heavy (non-hydrogen) atoms. The fourth-order valence-corrected chi connectivity index (χ4v) is 2.58. The standard InChI is InChI=1S/C21H22F3N5/c1-13-7-5-9-15(11-13)25-18-27-17(20(2,3)4)28-19(29-18)26-16-10-6-8-14(12-16)21(22,23)24/h5-12H,1-4H3,(H2,25,26,27,28,29). The normalized spacial score (nSPS) is 12.0. The lowest BCUT2D eigenvalue weighted by Gasteiger charge is -2.19. The van der Waals surface area contributed by atoms with Crippen LogP contribution in [-0.4, -0.2) is 15.0 Å². The first-order chi connectivity index (χ1) is 13.5. The van der Waals surface area contributed by atoms with Crippen LogP contribution in [0.2, 0.25) is 0 Å². The van der Waals surface area contributed by atoms with E-state index in [4.69, 9.17) is 0 Å². The molecule has 0 aliphatic heterocycles. The summed E-state index contributed by atoms with van der Waals surface area (Å²) in [6.45, 7) is 7.83. The number of halogens is 3. The van der Waals surface area contributed by atoms with Crippen molar-refractivity contribution in [3.8, 4) is 0 Å². The van der Waals surface area contributed by atoms with Gasteiger partial charge in [-0.3, -0.25) is 0 Å². The van der Waals surface area contributed by atoms with Gasteiger partial charge in [-0.05, 0) is 42.8 Å². The highest BCUT2D eigenvalue weighted by Crippen LogP contribution is 2.31. The molecule has 2 N–H and O–H groups in total. The van der Waals surface area contributed by atoms with Crippen LogP contribution in [0.25, 0.3) is 0 Å². The molecule has 0 bridgehead atoms. The summed E-state index contributed by atoms with van der Waals surface area (Å²) in [7, 11) is 0. The Labute approximate surface area is 167 Å². The number of hydrogen-bond acceptors (Lipinski definition) is 5. The second kappa shape index (κ2) is 7.69. The number of anilines is 4. The van der Waals surface area contributed by atoms with E-state index < -0.39 is 11.7 Å². The molecule has 0 atom stereocenters. The maximum atomic E-state index is 13.0. The third-order valence-electron chi connectivity index (χ3n) is 4.03. The molecule has 0 aliphatic carbocycles. The van der Waals surface area contributed by atoms with Crippen LogP contribution in [0, 0.1) is 6.92 Å². The van der Waals surface area contributed by atoms with Gasteiger partial charge in [-0.15, -0.1) is 0 Å². The SMILES string of the molecule is Cc1cccc(Nc2nc(Nc3cccc(C(F)(F)F)c3)nc(C(C)(C)C)n2)c1. The highest BCUT2D eigenvalue weighted by molar-refractivity contribution is 5.58. The molecule has 1 heterocycles. The fraction of sp³-hybridized carbons (Fsp3) is 0.286. The Kier molecular flexibility index (Phi) is 5.46. The zero-order chi connectivity index (χ0) is 21.2. The van der Waals surface area contributed by atoms with Gasteiger partial charge in [0.1, 0.15) is 5.82 Å². The summed E-state index contributed by atoms with van der Waals surface area (Å²) in [5.41, 5.74) is 0.998. The molecule has 3 rings (SSSR count). The molecule has 0 amide bonds. The van der Waals surface area contributed by atoms with Crippen molar-refractivity contribution in [2.45, 2.75) is 39.3 Å². The van der Waals surface area contributed by atoms with Crippen LogP contribution in [0.1, 0.15) is 37.7 Å². The van der Waals surface area contributed by atoms with E-state index in [2.05, 4.69) is 25.6 Å². The highest BCUT2D eigenvalue weighted by atomic mass is 19.4. The molecular formula is C21H22F3N5. The van der Waals surface area contributed by atoms with Crippen molar-refractivity contribution in [2.75, 3.05) is 10.6 Å². The second-order valence-electron chi connectivity index (χ2n) is 7.75. The molecular weight excluding hydrogens is 379 g/mol. The molecule has 8 heteroatoms. The average Bonchev–Trinajstić information content (AvgIpc) is 2.60. The average molecular weight is 401 g/mol. The molecule has 1 aromatic heterocycles. The summed E-state index contributed by atoms with van der Waals surface area (Å²) in [5, 5.41) is 6.00. The summed E-state index contributed by atoms with van der Waals surface area (Å²) in [6, 6.07) is 12.6. The van der Waals surface area contributed by atoms with Crippen LogP contribution in [0.4, 0.5) is 36.4 Å². The van der Waals surface area contributed by atoms with E-state index in [-0.39, 0.29) is 17.1 Å². The Bertz CT molecular complexity index is 1010. The van der Waals surface area contributed by atoms with E-state index >= 15 is 0 Å². The van der Waals surface area contributed by atoms with E-state index in [1.54, 1.807) is 0 Å². The monoisotopic (exact) mass is 401 g/mol. The van der Waals surface area contributed by atoms with Crippen LogP contribution in [0.5, 0.6) is 0 Å². The van der Waals surface area contributed by atoms with Crippen LogP contribution in [0.15, 0.2) is 48.5 Å². The van der Waals surface area contributed by atoms with E-state index in [0.717, 1.165) is 23.4 Å². The van der Waals surface area contributed by atoms with Crippen LogP contribution in [-0.2, 0) is 11.6 Å². The number of benzene rings is 2. The molecule has 0 aliphatic rings. The Hall–Kier alpha value is -3.16. The number of nitrogens with one attached hydrogen (secondary N) is 2. The van der Waals surface area contributed by atoms with Gasteiger partial charge in [0.2, 0.25) is 11.9 Å². The van der Waals surface area contributed by atoms with Crippen LogP contribution >= 0.6 is 0 Å². The third kappa shape index (κ3) is 5.43. The van der Waals surface area contributed by atoms with Gasteiger partial charge >= 0.3 is 6.18 Å². The van der Waals surface area contributed by atoms with Crippen molar-refractivity contribution in [2.24, 2.45) is 0 Å². The van der Waals surface area contributed by atoms with Crippen molar-refractivity contribution >= 4 is 23.3 Å². The van der Waals surface area contributed by atoms with E-state index in [1.807, 2.05) is 52.0 Å². The van der Waals surface area contributed by atoms with Crippen molar-refractivity contribution < 1.29 is 13.2 Å². The van der Waals surface area contributed by atoms with E-state index in [0.29, 0.717) is 11.8 Å². The zero-order valence-electron chi connectivity index (χ0n) is 16.6. The Morgan fingerprint density at radius 2 is 1.31 bits per heavy atom. The van der Waals surface area contributed by atoms with Gasteiger partial charge in [-0.2, -0.15) is 28.1 Å². The van der Waals surface area contributed by atoms with Crippen molar-refractivity contribution in [1.82, 2.24) is 15.0 Å². The second-order valence-corrected chi connectivity index (χ2v) is 7.75. The van der Waals surface area contributed by atoms with Gasteiger partial charge in [0.15, 0.2) is 0 Å². The first-order valence-electron chi connectivity index (χ1n) is 9.05. The molecule has 3 aromatic rings. The van der Waals surface area contributed by atoms with Crippen LogP contribution < -0.4 is 10.6 Å². The molecule has 152 valence electrons. The van der Waals surface area contributed by atoms with Gasteiger partial charge in [0.05, 0.1) is 5.56 Å². The van der Waals surface area contributed by atoms with Gasteiger partial charge in [0, 0.05) is 16.8 Å². The Morgan fingerprint density at radius 1 is 0.759 bits per heavy atom. The molecule has 5 nitrogen and oxygen atoms in total. The summed E-state index contributed by atoms with van der Waals surface area (Å²) >= 11 is 0. The maximum absolute atomic E-state index is 13.0. The largest absolute Gasteiger partial charge is 0.416 e. The minimum absolute atomic E-state index is 0.166. The predicted octanol–water partition coefficient (Wildman–Crippen LogP) is 5.98. The van der Waals surface area contributed by atoms with Crippen molar-refractivity contribution in [1.29, 1.82) is 0 Å². The molecule has 0 fully saturated rings. The molecule has 0 spiro atoms. The number of aromatic nitrogens is 3. The molecule has 0 radical (unpaired) electrons. The molecule has 0 saturated carbocycles. The predicted molar refractivity (Wildman–Crippen MR) is 108 cm³/mol. The fourth-order valence-electron chi connectivity index (χ4n) is 2.58. The number of alkyl halides is 3. The lowest BCUT2D eigenvalue weighted by molar-refractivity contribution is -0.137. The van der Waals surface area contributed by atoms with Crippen LogP contribution in [0.3, 0.4) is 0 Å². The van der Waals surface area contributed by atoms with E-state index in [1.165, 1.54) is 12.1 Å². The Balaban J connectivity index is 1.96. The number of rotatable bonds is 4. The topological polar surface area (TPSA) is 62.7 Å². The lowest BCUT2D eigenvalue weighted by Crippen LogP contribution is -2.19. The number of aryl methyl sites for hydroxylation is 1. The lowest BCUT2D eigenvalue weighted by atomic mass is 9.96. The van der Waals surface area contributed by atoms with E-state index in [9.17, 15) is 13.2 Å². The Morgan fingerprint density at radius 3 is 1.83 bits per heavy atom. The summed E-state index contributed by atoms with van der Waals surface area (Å²) in [6.07, 6.45) is -4.43. The third-order valence-corrected chi connectivity index (χ3v) is 4.03. The van der Waals surface area contributed by atoms with Gasteiger partial charge in [-0.1, -0.05) is 39.0 Å². The zero-order valence-corrected chi connectivity index (χ0v) is 16.6. The first-order valence-corrected chi connectivity index (χ1v) is 9.05. The minimum atomic E-state index is -4.43. The van der Waals surface area contributed by atoms with Gasteiger partial charge < -0.3 is 10.6 Å². The molecule has 0 saturated heterocycles. The summed E-state index contributed by atoms with van der Waals surface area (Å²) in [5.74, 6) is 0.988. The number of nitrogens with zero attached hydrogens (tertiary/aromatic N) is 3. The number of hydrogen-bond donors (Lipinski definition) is 2. The molecule has 0 unspecified atom stereocenters. The van der Waals surface area contributed by atoms with Crippen molar-refractivity contribution in [3.05, 3.63) is 65.5 Å². The quantitative estimate of drug-likeness (QED) is 0.563. The first kappa shape index (κ1) is 20.6. The molecule has 2 aromatic carbocycles. The summed E-state index contributed by atoms with van der Waals surface area (Å²) < 4.78 is 39.0. The maximum Gasteiger partial charge on any atom is 0.416 e. The minimum Gasteiger partial charge on any atom is -0.324 e. The smallest absolute Gasteiger partial charge is 0.324 e.